The van der Waals surface area contributed by atoms with Gasteiger partial charge in [0.15, 0.2) is 6.10 Å². The number of benzene rings is 2. The predicted molar refractivity (Wildman–Crippen MR) is 125 cm³/mol. The minimum absolute atomic E-state index is 0.134. The lowest BCUT2D eigenvalue weighted by atomic mass is 10.0. The quantitative estimate of drug-likeness (QED) is 0.631. The molecule has 32 heavy (non-hydrogen) atoms. The van der Waals surface area contributed by atoms with E-state index in [1.54, 1.807) is 13.0 Å². The highest BCUT2D eigenvalue weighted by Gasteiger charge is 2.27. The molecular weight excluding hydrogens is 428 g/mol. The number of carbonyl (C=O) groups excluding carboxylic acids is 1. The van der Waals surface area contributed by atoms with Crippen LogP contribution >= 0.6 is 0 Å². The SMILES string of the molecule is COc1ccc(S(=O)(=O)N2CCCCC2)cc1NC(=O)[C@H](C)Oc1ccccc1C(C)C. The van der Waals surface area contributed by atoms with Gasteiger partial charge in [0, 0.05) is 13.1 Å². The van der Waals surface area contributed by atoms with Gasteiger partial charge in [-0.1, -0.05) is 38.5 Å². The number of anilines is 1. The third-order valence-corrected chi connectivity index (χ3v) is 7.49. The monoisotopic (exact) mass is 460 g/mol. The van der Waals surface area contributed by atoms with E-state index < -0.39 is 22.0 Å². The number of piperidine rings is 1. The summed E-state index contributed by atoms with van der Waals surface area (Å²) in [4.78, 5) is 13.0. The van der Waals surface area contributed by atoms with Crippen LogP contribution in [0, 0.1) is 0 Å². The largest absolute Gasteiger partial charge is 0.495 e. The van der Waals surface area contributed by atoms with Crippen LogP contribution in [-0.4, -0.2) is 44.9 Å². The number of methoxy groups -OCH3 is 1. The molecule has 1 aliphatic rings. The molecule has 1 heterocycles. The predicted octanol–water partition coefficient (Wildman–Crippen LogP) is 4.40. The van der Waals surface area contributed by atoms with Gasteiger partial charge in [0.05, 0.1) is 17.7 Å². The summed E-state index contributed by atoms with van der Waals surface area (Å²) < 4.78 is 38.9. The first-order valence-corrected chi connectivity index (χ1v) is 12.4. The Morgan fingerprint density at radius 3 is 2.34 bits per heavy atom. The third kappa shape index (κ3) is 5.42. The normalized spacial score (nSPS) is 15.9. The number of hydrogen-bond acceptors (Lipinski definition) is 5. The number of nitrogens with zero attached hydrogens (tertiary/aromatic N) is 1. The minimum atomic E-state index is -3.63. The fourth-order valence-corrected chi connectivity index (χ4v) is 5.29. The van der Waals surface area contributed by atoms with Crippen LogP contribution in [0.15, 0.2) is 47.4 Å². The molecule has 0 spiro atoms. The number of rotatable bonds is 8. The molecule has 1 amide bonds. The van der Waals surface area contributed by atoms with Crippen molar-refractivity contribution in [1.29, 1.82) is 0 Å². The smallest absolute Gasteiger partial charge is 0.265 e. The van der Waals surface area contributed by atoms with Crippen LogP contribution in [0.5, 0.6) is 11.5 Å². The highest BCUT2D eigenvalue weighted by atomic mass is 32.2. The first-order valence-electron chi connectivity index (χ1n) is 11.0. The molecular formula is C24H32N2O5S. The van der Waals surface area contributed by atoms with Crippen molar-refractivity contribution in [2.45, 2.75) is 57.0 Å². The van der Waals surface area contributed by atoms with Crippen LogP contribution in [0.25, 0.3) is 0 Å². The van der Waals surface area contributed by atoms with Crippen LogP contribution in [0.1, 0.15) is 51.5 Å². The van der Waals surface area contributed by atoms with E-state index in [-0.39, 0.29) is 10.8 Å². The van der Waals surface area contributed by atoms with Gasteiger partial charge in [-0.05, 0) is 55.5 Å². The van der Waals surface area contributed by atoms with Crippen molar-refractivity contribution in [2.24, 2.45) is 0 Å². The Morgan fingerprint density at radius 1 is 1.00 bits per heavy atom. The molecule has 1 saturated heterocycles. The molecule has 0 aromatic heterocycles. The Hall–Kier alpha value is -2.58. The van der Waals surface area contributed by atoms with Crippen molar-refractivity contribution in [3.63, 3.8) is 0 Å². The van der Waals surface area contributed by atoms with Crippen molar-refractivity contribution in [3.8, 4) is 11.5 Å². The standard InChI is InChI=1S/C24H32N2O5S/c1-17(2)20-10-6-7-11-22(20)31-18(3)24(27)25-21-16-19(12-13-23(21)30-4)32(28,29)26-14-8-5-9-15-26/h6-7,10-13,16-18H,5,8-9,14-15H2,1-4H3,(H,25,27)/t18-/m0/s1. The van der Waals surface area contributed by atoms with Gasteiger partial charge >= 0.3 is 0 Å². The number of carbonyl (C=O) groups is 1. The number of amides is 1. The van der Waals surface area contributed by atoms with Gasteiger partial charge in [-0.25, -0.2) is 8.42 Å². The third-order valence-electron chi connectivity index (χ3n) is 5.60. The van der Waals surface area contributed by atoms with E-state index in [0.717, 1.165) is 24.8 Å². The van der Waals surface area contributed by atoms with Crippen LogP contribution in [0.3, 0.4) is 0 Å². The number of nitrogens with one attached hydrogen (secondary N) is 1. The van der Waals surface area contributed by atoms with Crippen LogP contribution in [0.4, 0.5) is 5.69 Å². The number of ether oxygens (including phenoxy) is 2. The number of para-hydroxylation sites is 1. The zero-order chi connectivity index (χ0) is 23.3. The molecule has 1 atom stereocenters. The lowest BCUT2D eigenvalue weighted by molar-refractivity contribution is -0.122. The summed E-state index contributed by atoms with van der Waals surface area (Å²) in [6, 6.07) is 12.1. The van der Waals surface area contributed by atoms with Crippen LogP contribution < -0.4 is 14.8 Å². The first kappa shape index (κ1) is 24.1. The van der Waals surface area contributed by atoms with Gasteiger partial charge in [0.2, 0.25) is 10.0 Å². The van der Waals surface area contributed by atoms with Crippen molar-refractivity contribution in [2.75, 3.05) is 25.5 Å². The number of sulfonamides is 1. The molecule has 0 bridgehead atoms. The highest BCUT2D eigenvalue weighted by molar-refractivity contribution is 7.89. The summed E-state index contributed by atoms with van der Waals surface area (Å²) in [5.74, 6) is 0.886. The van der Waals surface area contributed by atoms with Crippen LogP contribution in [-0.2, 0) is 14.8 Å². The Bertz CT molecular complexity index is 1050. The van der Waals surface area contributed by atoms with Crippen molar-refractivity contribution < 1.29 is 22.7 Å². The molecule has 0 radical (unpaired) electrons. The molecule has 2 aromatic carbocycles. The molecule has 2 aromatic rings. The van der Waals surface area contributed by atoms with E-state index in [4.69, 9.17) is 9.47 Å². The average molecular weight is 461 g/mol. The maximum atomic E-state index is 13.0. The molecule has 0 aliphatic carbocycles. The van der Waals surface area contributed by atoms with Gasteiger partial charge in [0.1, 0.15) is 11.5 Å². The van der Waals surface area contributed by atoms with Gasteiger partial charge in [-0.3, -0.25) is 4.79 Å². The molecule has 1 N–H and O–H groups in total. The molecule has 1 fully saturated rings. The Kier molecular flexibility index (Phi) is 7.79. The zero-order valence-corrected chi connectivity index (χ0v) is 19.9. The lowest BCUT2D eigenvalue weighted by Crippen LogP contribution is -2.35. The molecule has 0 saturated carbocycles. The average Bonchev–Trinajstić information content (AvgIpc) is 2.79. The zero-order valence-electron chi connectivity index (χ0n) is 19.1. The van der Waals surface area contributed by atoms with E-state index >= 15 is 0 Å². The van der Waals surface area contributed by atoms with E-state index in [2.05, 4.69) is 19.2 Å². The topological polar surface area (TPSA) is 84.9 Å². The highest BCUT2D eigenvalue weighted by Crippen LogP contribution is 2.31. The minimum Gasteiger partial charge on any atom is -0.495 e. The summed E-state index contributed by atoms with van der Waals surface area (Å²) in [6.45, 7) is 6.80. The number of hydrogen-bond donors (Lipinski definition) is 1. The molecule has 0 unspecified atom stereocenters. The summed E-state index contributed by atoms with van der Waals surface area (Å²) >= 11 is 0. The van der Waals surface area contributed by atoms with E-state index in [1.807, 2.05) is 24.3 Å². The first-order chi connectivity index (χ1) is 15.2. The lowest BCUT2D eigenvalue weighted by Gasteiger charge is -2.26. The second-order valence-electron chi connectivity index (χ2n) is 8.27. The van der Waals surface area contributed by atoms with Gasteiger partial charge in [-0.2, -0.15) is 4.31 Å². The van der Waals surface area contributed by atoms with Crippen molar-refractivity contribution in [1.82, 2.24) is 4.31 Å². The molecule has 7 nitrogen and oxygen atoms in total. The Labute approximate surface area is 190 Å². The van der Waals surface area contributed by atoms with Gasteiger partial charge in [0.25, 0.3) is 5.91 Å². The Morgan fingerprint density at radius 2 is 1.69 bits per heavy atom. The summed E-state index contributed by atoms with van der Waals surface area (Å²) in [5.41, 5.74) is 1.31. The van der Waals surface area contributed by atoms with Gasteiger partial charge in [-0.15, -0.1) is 0 Å². The molecule has 3 rings (SSSR count). The Balaban J connectivity index is 1.80. The molecule has 174 valence electrons. The van der Waals surface area contributed by atoms with E-state index in [1.165, 1.54) is 23.5 Å². The maximum Gasteiger partial charge on any atom is 0.265 e. The van der Waals surface area contributed by atoms with Crippen LogP contribution in [0.2, 0.25) is 0 Å². The maximum absolute atomic E-state index is 13.0. The fraction of sp³-hybridized carbons (Fsp3) is 0.458. The van der Waals surface area contributed by atoms with Crippen molar-refractivity contribution in [3.05, 3.63) is 48.0 Å². The fourth-order valence-electron chi connectivity index (χ4n) is 3.74. The van der Waals surface area contributed by atoms with Gasteiger partial charge < -0.3 is 14.8 Å². The second kappa shape index (κ2) is 10.4. The second-order valence-corrected chi connectivity index (χ2v) is 10.2. The van der Waals surface area contributed by atoms with E-state index in [9.17, 15) is 13.2 Å². The molecule has 1 aliphatic heterocycles. The van der Waals surface area contributed by atoms with E-state index in [0.29, 0.717) is 30.3 Å². The summed E-state index contributed by atoms with van der Waals surface area (Å²) in [7, 11) is -2.16. The molecule has 8 heteroatoms. The summed E-state index contributed by atoms with van der Waals surface area (Å²) in [5, 5.41) is 2.77. The van der Waals surface area contributed by atoms with Crippen molar-refractivity contribution >= 4 is 21.6 Å². The summed E-state index contributed by atoms with van der Waals surface area (Å²) in [6.07, 6.45) is 1.95.